The van der Waals surface area contributed by atoms with Crippen LogP contribution in [0.25, 0.3) is 0 Å². The molecule has 0 saturated carbocycles. The Bertz CT molecular complexity index is 504. The number of hydrogen-bond donors (Lipinski definition) is 0. The molecule has 1 aliphatic heterocycles. The number of para-hydroxylation sites is 2. The maximum absolute atomic E-state index is 12.1. The van der Waals surface area contributed by atoms with Crippen LogP contribution in [0.5, 0.6) is 0 Å². The first-order valence-corrected chi connectivity index (χ1v) is 7.57. The average molecular weight is 275 g/mol. The van der Waals surface area contributed by atoms with Crippen LogP contribution in [0.15, 0.2) is 24.3 Å². The number of rotatable bonds is 3. The van der Waals surface area contributed by atoms with Crippen LogP contribution in [0.4, 0.5) is 11.4 Å². The highest BCUT2D eigenvalue weighted by molar-refractivity contribution is 7.92. The lowest BCUT2D eigenvalue weighted by atomic mass is 10.2. The van der Waals surface area contributed by atoms with E-state index in [4.69, 9.17) is 11.6 Å². The second kappa shape index (κ2) is 4.74. The minimum atomic E-state index is -3.30. The van der Waals surface area contributed by atoms with Gasteiger partial charge >= 0.3 is 0 Å². The predicted octanol–water partition coefficient (Wildman–Crippen LogP) is 1.51. The van der Waals surface area contributed by atoms with E-state index in [1.807, 2.05) is 31.3 Å². The van der Waals surface area contributed by atoms with Gasteiger partial charge in [0.05, 0.1) is 23.7 Å². The summed E-state index contributed by atoms with van der Waals surface area (Å²) in [6.45, 7) is 1.17. The summed E-state index contributed by atoms with van der Waals surface area (Å²) < 4.78 is 25.6. The SMILES string of the molecule is CN1CCN(S(=O)(=O)CCCl)c2ccccc21. The fourth-order valence-electron chi connectivity index (χ4n) is 1.98. The fraction of sp³-hybridized carbons (Fsp3) is 0.455. The number of halogens is 1. The Kier molecular flexibility index (Phi) is 3.49. The first-order valence-electron chi connectivity index (χ1n) is 5.43. The van der Waals surface area contributed by atoms with E-state index < -0.39 is 10.0 Å². The monoisotopic (exact) mass is 274 g/mol. The van der Waals surface area contributed by atoms with E-state index in [1.165, 1.54) is 4.31 Å². The van der Waals surface area contributed by atoms with Crippen LogP contribution >= 0.6 is 11.6 Å². The fourth-order valence-corrected chi connectivity index (χ4v) is 3.79. The first kappa shape index (κ1) is 12.5. The number of fused-ring (bicyclic) bond motifs is 1. The molecule has 0 atom stereocenters. The molecule has 4 nitrogen and oxygen atoms in total. The minimum Gasteiger partial charge on any atom is -0.371 e. The van der Waals surface area contributed by atoms with E-state index in [0.717, 1.165) is 11.4 Å². The zero-order valence-corrected chi connectivity index (χ0v) is 11.2. The zero-order valence-electron chi connectivity index (χ0n) is 9.63. The highest BCUT2D eigenvalue weighted by atomic mass is 35.5. The van der Waals surface area contributed by atoms with E-state index in [0.29, 0.717) is 13.1 Å². The number of likely N-dealkylation sites (N-methyl/N-ethyl adjacent to an activating group) is 1. The molecule has 0 amide bonds. The van der Waals surface area contributed by atoms with Crippen LogP contribution in [-0.2, 0) is 10.0 Å². The lowest BCUT2D eigenvalue weighted by Gasteiger charge is -2.36. The first-order chi connectivity index (χ1) is 8.06. The Hall–Kier alpha value is -0.940. The highest BCUT2D eigenvalue weighted by Gasteiger charge is 2.28. The molecule has 6 heteroatoms. The smallest absolute Gasteiger partial charge is 0.236 e. The van der Waals surface area contributed by atoms with Crippen LogP contribution in [0, 0.1) is 0 Å². The second-order valence-electron chi connectivity index (χ2n) is 3.99. The molecular weight excluding hydrogens is 260 g/mol. The molecule has 0 fully saturated rings. The Morgan fingerprint density at radius 2 is 1.88 bits per heavy atom. The lowest BCUT2D eigenvalue weighted by molar-refractivity contribution is 0.590. The van der Waals surface area contributed by atoms with Gasteiger partial charge in [0.25, 0.3) is 0 Å². The molecule has 0 radical (unpaired) electrons. The van der Waals surface area contributed by atoms with Gasteiger partial charge in [-0.15, -0.1) is 11.6 Å². The molecule has 0 N–H and O–H groups in total. The molecule has 1 aromatic carbocycles. The summed E-state index contributed by atoms with van der Waals surface area (Å²) in [5, 5.41) is 0. The van der Waals surface area contributed by atoms with Crippen molar-refractivity contribution in [1.82, 2.24) is 0 Å². The normalized spacial score (nSPS) is 15.9. The van der Waals surface area contributed by atoms with Crippen molar-refractivity contribution < 1.29 is 8.42 Å². The number of sulfonamides is 1. The Morgan fingerprint density at radius 3 is 2.53 bits per heavy atom. The average Bonchev–Trinajstić information content (AvgIpc) is 2.29. The highest BCUT2D eigenvalue weighted by Crippen LogP contribution is 2.33. The van der Waals surface area contributed by atoms with Gasteiger partial charge in [-0.3, -0.25) is 4.31 Å². The number of anilines is 2. The van der Waals surface area contributed by atoms with Crippen LogP contribution in [0.1, 0.15) is 0 Å². The van der Waals surface area contributed by atoms with Gasteiger partial charge in [-0.1, -0.05) is 12.1 Å². The molecule has 1 aliphatic rings. The summed E-state index contributed by atoms with van der Waals surface area (Å²) in [5.41, 5.74) is 1.68. The van der Waals surface area contributed by atoms with E-state index in [2.05, 4.69) is 4.90 Å². The summed E-state index contributed by atoms with van der Waals surface area (Å²) >= 11 is 5.54. The van der Waals surface area contributed by atoms with E-state index in [1.54, 1.807) is 0 Å². The maximum Gasteiger partial charge on any atom is 0.236 e. The molecular formula is C11H15ClN2O2S. The molecule has 0 aromatic heterocycles. The quantitative estimate of drug-likeness (QED) is 0.785. The summed E-state index contributed by atoms with van der Waals surface area (Å²) in [7, 11) is -1.33. The van der Waals surface area contributed by atoms with Crippen molar-refractivity contribution in [3.05, 3.63) is 24.3 Å². The van der Waals surface area contributed by atoms with Gasteiger partial charge in [-0.2, -0.15) is 0 Å². The molecule has 17 heavy (non-hydrogen) atoms. The minimum absolute atomic E-state index is 0.0212. The van der Waals surface area contributed by atoms with Gasteiger partial charge in [0, 0.05) is 19.5 Å². The van der Waals surface area contributed by atoms with E-state index in [-0.39, 0.29) is 11.6 Å². The van der Waals surface area contributed by atoms with Crippen molar-refractivity contribution in [2.75, 3.05) is 41.0 Å². The van der Waals surface area contributed by atoms with Gasteiger partial charge in [0.2, 0.25) is 10.0 Å². The van der Waals surface area contributed by atoms with Crippen molar-refractivity contribution in [1.29, 1.82) is 0 Å². The van der Waals surface area contributed by atoms with Crippen molar-refractivity contribution >= 4 is 33.0 Å². The molecule has 94 valence electrons. The summed E-state index contributed by atoms with van der Waals surface area (Å²) in [6, 6.07) is 7.52. The van der Waals surface area contributed by atoms with Crippen LogP contribution < -0.4 is 9.21 Å². The van der Waals surface area contributed by atoms with E-state index in [9.17, 15) is 8.42 Å². The van der Waals surface area contributed by atoms with Gasteiger partial charge in [0.15, 0.2) is 0 Å². The van der Waals surface area contributed by atoms with Crippen molar-refractivity contribution in [2.45, 2.75) is 0 Å². The Labute approximate surface area is 107 Å². The summed E-state index contributed by atoms with van der Waals surface area (Å²) in [4.78, 5) is 2.06. The van der Waals surface area contributed by atoms with Gasteiger partial charge in [-0.25, -0.2) is 8.42 Å². The molecule has 0 bridgehead atoms. The topological polar surface area (TPSA) is 40.6 Å². The third kappa shape index (κ3) is 2.35. The number of alkyl halides is 1. The number of nitrogens with zero attached hydrogens (tertiary/aromatic N) is 2. The third-order valence-electron chi connectivity index (χ3n) is 2.87. The molecule has 0 unspecified atom stereocenters. The molecule has 0 spiro atoms. The van der Waals surface area contributed by atoms with Crippen LogP contribution in [-0.4, -0.2) is 40.2 Å². The van der Waals surface area contributed by atoms with Gasteiger partial charge in [0.1, 0.15) is 0 Å². The van der Waals surface area contributed by atoms with E-state index >= 15 is 0 Å². The molecule has 0 saturated heterocycles. The number of benzene rings is 1. The van der Waals surface area contributed by atoms with Gasteiger partial charge in [-0.05, 0) is 12.1 Å². The maximum atomic E-state index is 12.1. The lowest BCUT2D eigenvalue weighted by Crippen LogP contribution is -2.43. The van der Waals surface area contributed by atoms with Crippen LogP contribution in [0.2, 0.25) is 0 Å². The van der Waals surface area contributed by atoms with Crippen molar-refractivity contribution in [3.63, 3.8) is 0 Å². The van der Waals surface area contributed by atoms with Crippen LogP contribution in [0.3, 0.4) is 0 Å². The zero-order chi connectivity index (χ0) is 12.5. The number of hydrogen-bond acceptors (Lipinski definition) is 3. The van der Waals surface area contributed by atoms with Crippen molar-refractivity contribution in [2.24, 2.45) is 0 Å². The summed E-state index contributed by atoms with van der Waals surface area (Å²) in [6.07, 6.45) is 0. The van der Waals surface area contributed by atoms with Gasteiger partial charge < -0.3 is 4.90 Å². The molecule has 1 aromatic rings. The summed E-state index contributed by atoms with van der Waals surface area (Å²) in [5.74, 6) is 0.101. The molecule has 0 aliphatic carbocycles. The predicted molar refractivity (Wildman–Crippen MR) is 71.6 cm³/mol. The molecule has 2 rings (SSSR count). The van der Waals surface area contributed by atoms with Crippen molar-refractivity contribution in [3.8, 4) is 0 Å². The second-order valence-corrected chi connectivity index (χ2v) is 6.38. The molecule has 1 heterocycles. The Balaban J connectivity index is 2.43. The largest absolute Gasteiger partial charge is 0.371 e. The third-order valence-corrected chi connectivity index (χ3v) is 5.06. The Morgan fingerprint density at radius 1 is 1.24 bits per heavy atom. The standard InChI is InChI=1S/C11H15ClN2O2S/c1-13-7-8-14(17(15,16)9-6-12)11-5-3-2-4-10(11)13/h2-5H,6-9H2,1H3.